The Morgan fingerprint density at radius 2 is 1.90 bits per heavy atom. The monoisotopic (exact) mass is 441 g/mol. The fourth-order valence-electron chi connectivity index (χ4n) is 2.84. The van der Waals surface area contributed by atoms with Crippen molar-refractivity contribution in [3.63, 3.8) is 0 Å². The molecule has 9 heteroatoms. The number of benzene rings is 1. The maximum Gasteiger partial charge on any atom is 0.261 e. The lowest BCUT2D eigenvalue weighted by Crippen LogP contribution is -2.21. The molecule has 4 aromatic rings. The Bertz CT molecular complexity index is 1320. The molecule has 0 unspecified atom stereocenters. The average molecular weight is 442 g/mol. The van der Waals surface area contributed by atoms with E-state index in [1.54, 1.807) is 24.5 Å². The highest BCUT2D eigenvalue weighted by Crippen LogP contribution is 2.24. The number of carbonyl (C=O) groups excluding carboxylic acids is 1. The largest absolute Gasteiger partial charge is 0.347 e. The number of halogens is 1. The number of pyridine rings is 2. The minimum absolute atomic E-state index is 0.0208. The molecule has 0 aliphatic heterocycles. The molecule has 3 heterocycles. The molecule has 0 saturated heterocycles. The summed E-state index contributed by atoms with van der Waals surface area (Å²) < 4.78 is 39.7. The number of hydrogen-bond acceptors (Lipinski definition) is 6. The highest BCUT2D eigenvalue weighted by Gasteiger charge is 2.20. The second kappa shape index (κ2) is 7.92. The lowest BCUT2D eigenvalue weighted by molar-refractivity contribution is 0.0955. The van der Waals surface area contributed by atoms with E-state index >= 15 is 0 Å². The van der Waals surface area contributed by atoms with E-state index < -0.39 is 15.7 Å². The van der Waals surface area contributed by atoms with Crippen LogP contribution in [0.4, 0.5) is 4.39 Å². The number of nitrogens with zero attached hydrogens (tertiary/aromatic N) is 2. The first-order valence-corrected chi connectivity index (χ1v) is 11.2. The zero-order valence-electron chi connectivity index (χ0n) is 15.8. The first-order chi connectivity index (χ1) is 14.3. The molecule has 0 spiro atoms. The molecule has 4 rings (SSSR count). The summed E-state index contributed by atoms with van der Waals surface area (Å²) in [7, 11) is -3.85. The van der Waals surface area contributed by atoms with E-state index in [-0.39, 0.29) is 28.1 Å². The van der Waals surface area contributed by atoms with Crippen molar-refractivity contribution in [1.29, 1.82) is 0 Å². The van der Waals surface area contributed by atoms with Crippen molar-refractivity contribution in [2.45, 2.75) is 23.4 Å². The van der Waals surface area contributed by atoms with E-state index in [4.69, 9.17) is 0 Å². The number of nitrogens with one attached hydrogen (secondary N) is 1. The number of amides is 1. The topological polar surface area (TPSA) is 89.0 Å². The van der Waals surface area contributed by atoms with Gasteiger partial charge < -0.3 is 5.32 Å². The predicted molar refractivity (Wildman–Crippen MR) is 112 cm³/mol. The minimum atomic E-state index is -3.85. The zero-order chi connectivity index (χ0) is 21.3. The number of hydrogen-bond donors (Lipinski definition) is 1. The molecule has 30 heavy (non-hydrogen) atoms. The van der Waals surface area contributed by atoms with Gasteiger partial charge in [0.15, 0.2) is 5.03 Å². The van der Waals surface area contributed by atoms with Crippen LogP contribution < -0.4 is 5.32 Å². The summed E-state index contributed by atoms with van der Waals surface area (Å²) in [6.07, 6.45) is 3.39. The van der Waals surface area contributed by atoms with Gasteiger partial charge >= 0.3 is 0 Å². The normalized spacial score (nSPS) is 11.5. The number of aromatic nitrogens is 2. The maximum absolute atomic E-state index is 13.4. The first kappa shape index (κ1) is 20.1. The Labute approximate surface area is 176 Å². The third-order valence-corrected chi connectivity index (χ3v) is 7.26. The van der Waals surface area contributed by atoms with Crippen molar-refractivity contribution >= 4 is 37.2 Å². The Hall–Kier alpha value is -3.17. The third-order valence-electron chi connectivity index (χ3n) is 4.50. The van der Waals surface area contributed by atoms with Crippen molar-refractivity contribution in [2.24, 2.45) is 0 Å². The molecule has 152 valence electrons. The molecule has 0 atom stereocenters. The third kappa shape index (κ3) is 3.94. The average Bonchev–Trinajstić information content (AvgIpc) is 3.18. The maximum atomic E-state index is 13.4. The Kier molecular flexibility index (Phi) is 5.31. The van der Waals surface area contributed by atoms with Crippen molar-refractivity contribution in [3.8, 4) is 0 Å². The lowest BCUT2D eigenvalue weighted by Gasteiger charge is -2.07. The second-order valence-electron chi connectivity index (χ2n) is 6.57. The van der Waals surface area contributed by atoms with Crippen molar-refractivity contribution in [2.75, 3.05) is 0 Å². The highest BCUT2D eigenvalue weighted by molar-refractivity contribution is 7.91. The standard InChI is InChI=1S/C21H16FN3O3S2/c1-13-17(22)6-7-20(25-13)30(27,28)16-4-2-14(3-5-16)11-24-21(26)18-10-15-8-9-23-12-19(15)29-18/h2-10,12H,11H2,1H3,(H,24,26). The molecule has 0 aliphatic rings. The number of fused-ring (bicyclic) bond motifs is 1. The van der Waals surface area contributed by atoms with Crippen LogP contribution in [0.2, 0.25) is 0 Å². The zero-order valence-corrected chi connectivity index (χ0v) is 17.4. The van der Waals surface area contributed by atoms with Crippen LogP contribution in [0.15, 0.2) is 70.8 Å². The quantitative estimate of drug-likeness (QED) is 0.507. The van der Waals surface area contributed by atoms with Crippen LogP contribution in [0.3, 0.4) is 0 Å². The van der Waals surface area contributed by atoms with E-state index in [1.807, 2.05) is 12.1 Å². The lowest BCUT2D eigenvalue weighted by atomic mass is 10.2. The summed E-state index contributed by atoms with van der Waals surface area (Å²) >= 11 is 1.36. The van der Waals surface area contributed by atoms with E-state index in [1.165, 1.54) is 30.4 Å². The van der Waals surface area contributed by atoms with Gasteiger partial charge in [0.1, 0.15) is 5.82 Å². The van der Waals surface area contributed by atoms with Gasteiger partial charge in [-0.3, -0.25) is 9.78 Å². The molecule has 6 nitrogen and oxygen atoms in total. The van der Waals surface area contributed by atoms with Gasteiger partial charge in [-0.05, 0) is 54.3 Å². The van der Waals surface area contributed by atoms with E-state index in [0.717, 1.165) is 27.8 Å². The van der Waals surface area contributed by atoms with Crippen LogP contribution in [0, 0.1) is 12.7 Å². The Morgan fingerprint density at radius 1 is 1.13 bits per heavy atom. The summed E-state index contributed by atoms with van der Waals surface area (Å²) in [5.74, 6) is -0.770. The van der Waals surface area contributed by atoms with Crippen LogP contribution in [0.1, 0.15) is 20.9 Å². The van der Waals surface area contributed by atoms with Gasteiger partial charge in [-0.15, -0.1) is 11.3 Å². The Morgan fingerprint density at radius 3 is 2.60 bits per heavy atom. The van der Waals surface area contributed by atoms with Gasteiger partial charge in [0, 0.05) is 18.9 Å². The predicted octanol–water partition coefficient (Wildman–Crippen LogP) is 3.90. The first-order valence-electron chi connectivity index (χ1n) is 8.93. The molecule has 0 saturated carbocycles. The molecule has 1 N–H and O–H groups in total. The van der Waals surface area contributed by atoms with Gasteiger partial charge in [-0.25, -0.2) is 17.8 Å². The van der Waals surface area contributed by atoms with E-state index in [9.17, 15) is 17.6 Å². The summed E-state index contributed by atoms with van der Waals surface area (Å²) in [6, 6.07) is 12.0. The summed E-state index contributed by atoms with van der Waals surface area (Å²) in [4.78, 5) is 20.9. The minimum Gasteiger partial charge on any atom is -0.347 e. The molecule has 1 amide bonds. The van der Waals surface area contributed by atoms with Crippen LogP contribution in [0.25, 0.3) is 10.1 Å². The van der Waals surface area contributed by atoms with E-state index in [0.29, 0.717) is 4.88 Å². The smallest absolute Gasteiger partial charge is 0.261 e. The van der Waals surface area contributed by atoms with Crippen LogP contribution in [-0.2, 0) is 16.4 Å². The van der Waals surface area contributed by atoms with Crippen molar-refractivity contribution < 1.29 is 17.6 Å². The van der Waals surface area contributed by atoms with Gasteiger partial charge in [0.05, 0.1) is 20.2 Å². The number of aryl methyl sites for hydroxylation is 1. The fourth-order valence-corrected chi connectivity index (χ4v) is 5.03. The molecule has 0 bridgehead atoms. The van der Waals surface area contributed by atoms with Crippen LogP contribution in [0.5, 0.6) is 0 Å². The molecule has 3 aromatic heterocycles. The Balaban J connectivity index is 1.46. The number of rotatable bonds is 5. The number of thiophene rings is 1. The highest BCUT2D eigenvalue weighted by atomic mass is 32.2. The summed E-state index contributed by atoms with van der Waals surface area (Å²) in [6.45, 7) is 1.66. The molecule has 1 aromatic carbocycles. The molecule has 0 fully saturated rings. The van der Waals surface area contributed by atoms with Crippen molar-refractivity contribution in [3.05, 3.63) is 82.9 Å². The van der Waals surface area contributed by atoms with Crippen molar-refractivity contribution in [1.82, 2.24) is 15.3 Å². The fraction of sp³-hybridized carbons (Fsp3) is 0.0952. The molecular formula is C21H16FN3O3S2. The molecular weight excluding hydrogens is 425 g/mol. The molecule has 0 aliphatic carbocycles. The van der Waals surface area contributed by atoms with Gasteiger partial charge in [0.25, 0.3) is 5.91 Å². The van der Waals surface area contributed by atoms with Gasteiger partial charge in [-0.2, -0.15) is 0 Å². The SMILES string of the molecule is Cc1nc(S(=O)(=O)c2ccc(CNC(=O)c3cc4ccncc4s3)cc2)ccc1F. The van der Waals surface area contributed by atoms with Gasteiger partial charge in [0.2, 0.25) is 9.84 Å². The van der Waals surface area contributed by atoms with Gasteiger partial charge in [-0.1, -0.05) is 12.1 Å². The number of carbonyl (C=O) groups is 1. The van der Waals surface area contributed by atoms with E-state index in [2.05, 4.69) is 15.3 Å². The molecule has 0 radical (unpaired) electrons. The number of sulfone groups is 1. The van der Waals surface area contributed by atoms with Crippen LogP contribution >= 0.6 is 11.3 Å². The second-order valence-corrected chi connectivity index (χ2v) is 9.55. The summed E-state index contributed by atoms with van der Waals surface area (Å²) in [5.41, 5.74) is 0.765. The summed E-state index contributed by atoms with van der Waals surface area (Å²) in [5, 5.41) is 3.58. The van der Waals surface area contributed by atoms with Crippen LogP contribution in [-0.4, -0.2) is 24.3 Å².